The molecule has 6 heteroatoms. The van der Waals surface area contributed by atoms with E-state index in [2.05, 4.69) is 9.97 Å². The van der Waals surface area contributed by atoms with Crippen molar-refractivity contribution in [3.05, 3.63) is 46.8 Å². The number of benzene rings is 1. The second-order valence-electron chi connectivity index (χ2n) is 3.53. The van der Waals surface area contributed by atoms with E-state index in [1.807, 2.05) is 6.07 Å². The number of nitrogens with zero attached hydrogens (tertiary/aromatic N) is 2. The molecule has 86 valence electrons. The summed E-state index contributed by atoms with van der Waals surface area (Å²) in [6, 6.07) is 6.69. The number of nitro groups is 1. The van der Waals surface area contributed by atoms with E-state index >= 15 is 0 Å². The van der Waals surface area contributed by atoms with Crippen LogP contribution in [0.3, 0.4) is 0 Å². The van der Waals surface area contributed by atoms with Gasteiger partial charge in [-0.25, -0.2) is 0 Å². The zero-order valence-electron chi connectivity index (χ0n) is 8.58. The molecule has 2 aromatic heterocycles. The van der Waals surface area contributed by atoms with Crippen LogP contribution in [0, 0.1) is 10.1 Å². The quantitative estimate of drug-likeness (QED) is 0.532. The normalized spacial score (nSPS) is 10.4. The molecule has 0 aliphatic carbocycles. The predicted octanol–water partition coefficient (Wildman–Crippen LogP) is 3.05. The summed E-state index contributed by atoms with van der Waals surface area (Å²) in [6.07, 6.45) is 3.41. The van der Waals surface area contributed by atoms with Crippen LogP contribution in [-0.2, 0) is 0 Å². The van der Waals surface area contributed by atoms with Gasteiger partial charge in [-0.3, -0.25) is 15.1 Å². The molecule has 0 aliphatic rings. The molecule has 3 rings (SSSR count). The molecule has 1 N–H and O–H groups in total. The monoisotopic (exact) mass is 249 g/mol. The number of aromatic nitrogens is 2. The summed E-state index contributed by atoms with van der Waals surface area (Å²) >= 11 is 0. The predicted molar refractivity (Wildman–Crippen MR) is 67.5 cm³/mol. The first kappa shape index (κ1) is 11.3. The summed E-state index contributed by atoms with van der Waals surface area (Å²) < 4.78 is 0. The van der Waals surface area contributed by atoms with E-state index in [0.717, 1.165) is 21.8 Å². The molecule has 0 spiro atoms. The minimum atomic E-state index is -0.400. The van der Waals surface area contributed by atoms with Gasteiger partial charge in [0.15, 0.2) is 0 Å². The zero-order chi connectivity index (χ0) is 11.1. The van der Waals surface area contributed by atoms with Crippen LogP contribution < -0.4 is 0 Å². The molecule has 3 aromatic rings. The molecule has 0 aliphatic heterocycles. The molecule has 17 heavy (non-hydrogen) atoms. The highest BCUT2D eigenvalue weighted by molar-refractivity contribution is 6.07. The molecular weight excluding hydrogens is 242 g/mol. The number of aromatic amines is 1. The van der Waals surface area contributed by atoms with Gasteiger partial charge in [0, 0.05) is 29.1 Å². The number of non-ortho nitro benzene ring substituents is 1. The van der Waals surface area contributed by atoms with Crippen LogP contribution in [0.2, 0.25) is 0 Å². The second-order valence-corrected chi connectivity index (χ2v) is 3.53. The summed E-state index contributed by atoms with van der Waals surface area (Å²) in [4.78, 5) is 17.3. The number of H-pyrrole nitrogens is 1. The lowest BCUT2D eigenvalue weighted by atomic mass is 10.2. The van der Waals surface area contributed by atoms with Gasteiger partial charge in [0.2, 0.25) is 0 Å². The van der Waals surface area contributed by atoms with Gasteiger partial charge in [-0.05, 0) is 12.1 Å². The van der Waals surface area contributed by atoms with Crippen LogP contribution >= 0.6 is 12.4 Å². The van der Waals surface area contributed by atoms with E-state index in [1.165, 1.54) is 12.1 Å². The van der Waals surface area contributed by atoms with Gasteiger partial charge in [-0.2, -0.15) is 0 Å². The van der Waals surface area contributed by atoms with Crippen LogP contribution in [0.15, 0.2) is 36.7 Å². The Balaban J connectivity index is 0.00000108. The average Bonchev–Trinajstić information content (AvgIpc) is 2.66. The third-order valence-corrected chi connectivity index (χ3v) is 2.59. The van der Waals surface area contributed by atoms with Crippen molar-refractivity contribution < 1.29 is 4.92 Å². The van der Waals surface area contributed by atoms with Gasteiger partial charge in [-0.1, -0.05) is 0 Å². The Morgan fingerprint density at radius 3 is 2.71 bits per heavy atom. The fourth-order valence-corrected chi connectivity index (χ4v) is 1.86. The van der Waals surface area contributed by atoms with Gasteiger partial charge in [0.25, 0.3) is 5.69 Å². The smallest absolute Gasteiger partial charge is 0.271 e. The van der Waals surface area contributed by atoms with E-state index in [9.17, 15) is 10.1 Å². The number of hydrogen-bond acceptors (Lipinski definition) is 3. The van der Waals surface area contributed by atoms with Crippen molar-refractivity contribution >= 4 is 39.9 Å². The first-order chi connectivity index (χ1) is 7.75. The van der Waals surface area contributed by atoms with Gasteiger partial charge >= 0.3 is 0 Å². The number of pyridine rings is 1. The molecule has 0 saturated carbocycles. The first-order valence-corrected chi connectivity index (χ1v) is 4.75. The molecule has 0 bridgehead atoms. The van der Waals surface area contributed by atoms with Crippen molar-refractivity contribution in [1.29, 1.82) is 0 Å². The molecule has 1 aromatic carbocycles. The summed E-state index contributed by atoms with van der Waals surface area (Å²) in [5.74, 6) is 0. The van der Waals surface area contributed by atoms with E-state index in [1.54, 1.807) is 18.5 Å². The van der Waals surface area contributed by atoms with E-state index < -0.39 is 4.92 Å². The molecule has 0 amide bonds. The first-order valence-electron chi connectivity index (χ1n) is 4.75. The molecule has 0 saturated heterocycles. The lowest BCUT2D eigenvalue weighted by Crippen LogP contribution is -1.86. The van der Waals surface area contributed by atoms with Crippen molar-refractivity contribution in [2.24, 2.45) is 0 Å². The SMILES string of the molecule is Cl.O=[N+]([O-])c1ccc2c(c1)[nH]c1cnccc12. The van der Waals surface area contributed by atoms with E-state index in [0.29, 0.717) is 0 Å². The molecular formula is C11H8ClN3O2. The Morgan fingerprint density at radius 2 is 1.94 bits per heavy atom. The number of halogens is 1. The molecule has 0 radical (unpaired) electrons. The zero-order valence-corrected chi connectivity index (χ0v) is 9.40. The number of hydrogen-bond donors (Lipinski definition) is 1. The Labute approximate surface area is 102 Å². The average molecular weight is 250 g/mol. The second kappa shape index (κ2) is 4.03. The van der Waals surface area contributed by atoms with Crippen molar-refractivity contribution in [2.75, 3.05) is 0 Å². The van der Waals surface area contributed by atoms with Gasteiger partial charge in [0.05, 0.1) is 22.2 Å². The maximum absolute atomic E-state index is 10.6. The molecule has 0 atom stereocenters. The minimum Gasteiger partial charge on any atom is -0.353 e. The minimum absolute atomic E-state index is 0. The number of nitro benzene ring substituents is 1. The van der Waals surface area contributed by atoms with Crippen LogP contribution in [-0.4, -0.2) is 14.9 Å². The summed E-state index contributed by atoms with van der Waals surface area (Å²) in [5, 5.41) is 12.6. The van der Waals surface area contributed by atoms with Crippen LogP contribution in [0.4, 0.5) is 5.69 Å². The lowest BCUT2D eigenvalue weighted by molar-refractivity contribution is -0.384. The highest BCUT2D eigenvalue weighted by Gasteiger charge is 2.09. The summed E-state index contributed by atoms with van der Waals surface area (Å²) in [7, 11) is 0. The third kappa shape index (κ3) is 1.70. The largest absolute Gasteiger partial charge is 0.353 e. The molecule has 0 fully saturated rings. The highest BCUT2D eigenvalue weighted by atomic mass is 35.5. The van der Waals surface area contributed by atoms with Gasteiger partial charge < -0.3 is 4.98 Å². The highest BCUT2D eigenvalue weighted by Crippen LogP contribution is 2.27. The van der Waals surface area contributed by atoms with Crippen molar-refractivity contribution in [2.45, 2.75) is 0 Å². The third-order valence-electron chi connectivity index (χ3n) is 2.59. The maximum atomic E-state index is 10.6. The molecule has 2 heterocycles. The number of rotatable bonds is 1. The summed E-state index contributed by atoms with van der Waals surface area (Å²) in [6.45, 7) is 0. The topological polar surface area (TPSA) is 71.8 Å². The fourth-order valence-electron chi connectivity index (χ4n) is 1.86. The molecule has 0 unspecified atom stereocenters. The van der Waals surface area contributed by atoms with Crippen molar-refractivity contribution in [3.63, 3.8) is 0 Å². The Morgan fingerprint density at radius 1 is 1.18 bits per heavy atom. The van der Waals surface area contributed by atoms with E-state index in [4.69, 9.17) is 0 Å². The lowest BCUT2D eigenvalue weighted by Gasteiger charge is -1.91. The van der Waals surface area contributed by atoms with Crippen LogP contribution in [0.1, 0.15) is 0 Å². The van der Waals surface area contributed by atoms with Crippen LogP contribution in [0.25, 0.3) is 21.8 Å². The Hall–Kier alpha value is -2.14. The standard InChI is InChI=1S/C11H7N3O2.ClH/c15-14(16)7-1-2-8-9-3-4-12-6-11(9)13-10(8)5-7;/h1-6,13H;1H. The van der Waals surface area contributed by atoms with E-state index in [-0.39, 0.29) is 18.1 Å². The van der Waals surface area contributed by atoms with Gasteiger partial charge in [-0.15, -0.1) is 12.4 Å². The van der Waals surface area contributed by atoms with Crippen LogP contribution in [0.5, 0.6) is 0 Å². The number of fused-ring (bicyclic) bond motifs is 3. The summed E-state index contributed by atoms with van der Waals surface area (Å²) in [5.41, 5.74) is 1.74. The maximum Gasteiger partial charge on any atom is 0.271 e. The van der Waals surface area contributed by atoms with Crippen molar-refractivity contribution in [3.8, 4) is 0 Å². The van der Waals surface area contributed by atoms with Gasteiger partial charge in [0.1, 0.15) is 0 Å². The van der Waals surface area contributed by atoms with Crippen molar-refractivity contribution in [1.82, 2.24) is 9.97 Å². The Kier molecular flexibility index (Phi) is 2.69. The number of nitrogens with one attached hydrogen (secondary N) is 1. The fraction of sp³-hybridized carbons (Fsp3) is 0. The Bertz CT molecular complexity index is 708. The molecule has 5 nitrogen and oxygen atoms in total.